The molecule has 0 bridgehead atoms. The van der Waals surface area contributed by atoms with Gasteiger partial charge in [0.15, 0.2) is 9.84 Å². The number of halogens is 2. The summed E-state index contributed by atoms with van der Waals surface area (Å²) in [6.07, 6.45) is 2.78. The van der Waals surface area contributed by atoms with E-state index in [4.69, 9.17) is 23.2 Å². The number of benzene rings is 2. The fraction of sp³-hybridized carbons (Fsp3) is 0.409. The average molecular weight is 469 g/mol. The maximum atomic E-state index is 12.7. The summed E-state index contributed by atoms with van der Waals surface area (Å²) in [6, 6.07) is 12.2. The van der Waals surface area contributed by atoms with Gasteiger partial charge in [0.1, 0.15) is 0 Å². The van der Waals surface area contributed by atoms with Gasteiger partial charge < -0.3 is 5.32 Å². The second kappa shape index (κ2) is 9.69. The predicted molar refractivity (Wildman–Crippen MR) is 121 cm³/mol. The lowest BCUT2D eigenvalue weighted by atomic mass is 9.95. The number of nitrogens with one attached hydrogen (secondary N) is 1. The fourth-order valence-corrected chi connectivity index (χ4v) is 4.62. The minimum Gasteiger partial charge on any atom is -0.349 e. The van der Waals surface area contributed by atoms with Crippen LogP contribution in [0.2, 0.25) is 10.0 Å². The molecule has 0 unspecified atom stereocenters. The van der Waals surface area contributed by atoms with Gasteiger partial charge in [-0.3, -0.25) is 9.69 Å². The Morgan fingerprint density at radius 3 is 2.30 bits per heavy atom. The number of rotatable bonds is 6. The molecule has 1 aliphatic rings. The van der Waals surface area contributed by atoms with Crippen LogP contribution in [0.5, 0.6) is 0 Å². The van der Waals surface area contributed by atoms with Crippen LogP contribution in [-0.2, 0) is 21.2 Å². The zero-order valence-corrected chi connectivity index (χ0v) is 19.4. The third kappa shape index (κ3) is 5.97. The summed E-state index contributed by atoms with van der Waals surface area (Å²) in [5.74, 6) is 0.0247. The van der Waals surface area contributed by atoms with E-state index in [-0.39, 0.29) is 22.8 Å². The van der Waals surface area contributed by atoms with E-state index in [0.717, 1.165) is 43.6 Å². The number of amides is 1. The summed E-state index contributed by atoms with van der Waals surface area (Å²) in [5, 5.41) is 4.17. The van der Waals surface area contributed by atoms with Crippen LogP contribution >= 0.6 is 23.2 Å². The van der Waals surface area contributed by atoms with Gasteiger partial charge in [-0.25, -0.2) is 8.42 Å². The number of hydrogen-bond donors (Lipinski definition) is 1. The summed E-state index contributed by atoms with van der Waals surface area (Å²) in [6.45, 7) is 4.38. The molecule has 0 aromatic heterocycles. The van der Waals surface area contributed by atoms with E-state index in [1.165, 1.54) is 6.26 Å². The first-order chi connectivity index (χ1) is 14.1. The largest absolute Gasteiger partial charge is 0.349 e. The quantitative estimate of drug-likeness (QED) is 0.677. The van der Waals surface area contributed by atoms with Crippen molar-refractivity contribution in [2.45, 2.75) is 37.2 Å². The van der Waals surface area contributed by atoms with E-state index >= 15 is 0 Å². The van der Waals surface area contributed by atoms with Crippen LogP contribution in [0, 0.1) is 5.92 Å². The maximum Gasteiger partial charge on any atom is 0.223 e. The average Bonchev–Trinajstić information content (AvgIpc) is 2.70. The third-order valence-electron chi connectivity index (χ3n) is 5.52. The van der Waals surface area contributed by atoms with Crippen molar-refractivity contribution < 1.29 is 13.2 Å². The van der Waals surface area contributed by atoms with Crippen LogP contribution in [-0.4, -0.2) is 38.6 Å². The number of nitrogens with zero attached hydrogens (tertiary/aromatic N) is 1. The van der Waals surface area contributed by atoms with Gasteiger partial charge in [0, 0.05) is 18.7 Å². The summed E-state index contributed by atoms with van der Waals surface area (Å²) in [5.41, 5.74) is 1.99. The van der Waals surface area contributed by atoms with Gasteiger partial charge in [-0.05, 0) is 68.2 Å². The molecule has 1 heterocycles. The molecule has 1 amide bonds. The van der Waals surface area contributed by atoms with Gasteiger partial charge in [-0.1, -0.05) is 41.4 Å². The summed E-state index contributed by atoms with van der Waals surface area (Å²) in [7, 11) is -3.22. The van der Waals surface area contributed by atoms with Crippen molar-refractivity contribution in [3.05, 3.63) is 63.6 Å². The van der Waals surface area contributed by atoms with Crippen LogP contribution in [0.4, 0.5) is 0 Å². The number of hydrogen-bond acceptors (Lipinski definition) is 4. The Morgan fingerprint density at radius 2 is 1.73 bits per heavy atom. The van der Waals surface area contributed by atoms with Crippen LogP contribution in [0.3, 0.4) is 0 Å². The molecule has 5 nitrogen and oxygen atoms in total. The Balaban J connectivity index is 1.50. The van der Waals surface area contributed by atoms with E-state index in [1.54, 1.807) is 24.3 Å². The highest BCUT2D eigenvalue weighted by atomic mass is 35.5. The first kappa shape index (κ1) is 23.1. The fourth-order valence-electron chi connectivity index (χ4n) is 3.67. The SMILES string of the molecule is C[C@H](NC(=O)C1CCN(Cc2ccc(Cl)c(Cl)c2)CC1)c1ccc(S(C)(=O)=O)cc1. The lowest BCUT2D eigenvalue weighted by Gasteiger charge is -2.32. The van der Waals surface area contributed by atoms with Crippen molar-refractivity contribution in [2.75, 3.05) is 19.3 Å². The molecule has 1 atom stereocenters. The molecule has 3 rings (SSSR count). The normalized spacial score (nSPS) is 16.9. The minimum absolute atomic E-state index is 0.0206. The van der Waals surface area contributed by atoms with Gasteiger partial charge >= 0.3 is 0 Å². The first-order valence-electron chi connectivity index (χ1n) is 9.90. The molecule has 1 saturated heterocycles. The van der Waals surface area contributed by atoms with Gasteiger partial charge in [-0.2, -0.15) is 0 Å². The Kier molecular flexibility index (Phi) is 7.45. The molecule has 30 heavy (non-hydrogen) atoms. The molecule has 8 heteroatoms. The molecule has 2 aromatic carbocycles. The Morgan fingerprint density at radius 1 is 1.10 bits per heavy atom. The third-order valence-corrected chi connectivity index (χ3v) is 7.38. The van der Waals surface area contributed by atoms with Crippen molar-refractivity contribution in [1.29, 1.82) is 0 Å². The molecular weight excluding hydrogens is 443 g/mol. The van der Waals surface area contributed by atoms with E-state index in [0.29, 0.717) is 10.0 Å². The smallest absolute Gasteiger partial charge is 0.223 e. The Hall–Kier alpha value is -1.60. The van der Waals surface area contributed by atoms with Gasteiger partial charge in [0.05, 0.1) is 21.0 Å². The minimum atomic E-state index is -3.22. The summed E-state index contributed by atoms with van der Waals surface area (Å²) < 4.78 is 23.2. The zero-order chi connectivity index (χ0) is 21.9. The second-order valence-corrected chi connectivity index (χ2v) is 10.7. The van der Waals surface area contributed by atoms with E-state index in [2.05, 4.69) is 10.2 Å². The Labute approximate surface area is 188 Å². The summed E-state index contributed by atoms with van der Waals surface area (Å²) in [4.78, 5) is 15.3. The van der Waals surface area contributed by atoms with Crippen molar-refractivity contribution in [3.63, 3.8) is 0 Å². The highest BCUT2D eigenvalue weighted by molar-refractivity contribution is 7.90. The molecule has 162 valence electrons. The molecule has 2 aromatic rings. The zero-order valence-electron chi connectivity index (χ0n) is 17.1. The van der Waals surface area contributed by atoms with Crippen LogP contribution in [0.15, 0.2) is 47.4 Å². The summed E-state index contributed by atoms with van der Waals surface area (Å²) >= 11 is 12.1. The van der Waals surface area contributed by atoms with Crippen molar-refractivity contribution >= 4 is 38.9 Å². The van der Waals surface area contributed by atoms with Gasteiger partial charge in [-0.15, -0.1) is 0 Å². The molecular formula is C22H26Cl2N2O3S. The van der Waals surface area contributed by atoms with E-state index < -0.39 is 9.84 Å². The van der Waals surface area contributed by atoms with Crippen LogP contribution in [0.1, 0.15) is 36.9 Å². The number of likely N-dealkylation sites (tertiary alicyclic amines) is 1. The van der Waals surface area contributed by atoms with Gasteiger partial charge in [0.25, 0.3) is 0 Å². The van der Waals surface area contributed by atoms with Crippen LogP contribution < -0.4 is 5.32 Å². The van der Waals surface area contributed by atoms with Crippen molar-refractivity contribution in [1.82, 2.24) is 10.2 Å². The predicted octanol–water partition coefficient (Wildman–Crippen LogP) is 4.49. The maximum absolute atomic E-state index is 12.7. The monoisotopic (exact) mass is 468 g/mol. The van der Waals surface area contributed by atoms with Crippen molar-refractivity contribution in [2.24, 2.45) is 5.92 Å². The standard InChI is InChI=1S/C22H26Cl2N2O3S/c1-15(17-4-6-19(7-5-17)30(2,28)29)25-22(27)18-9-11-26(12-10-18)14-16-3-8-20(23)21(24)13-16/h3-8,13,15,18H,9-12,14H2,1-2H3,(H,25,27)/t15-/m0/s1. The van der Waals surface area contributed by atoms with Crippen molar-refractivity contribution in [3.8, 4) is 0 Å². The number of piperidine rings is 1. The number of carbonyl (C=O) groups excluding carboxylic acids is 1. The molecule has 0 aliphatic carbocycles. The highest BCUT2D eigenvalue weighted by Crippen LogP contribution is 2.25. The molecule has 0 radical (unpaired) electrons. The number of sulfone groups is 1. The number of carbonyl (C=O) groups is 1. The first-order valence-corrected chi connectivity index (χ1v) is 12.5. The molecule has 0 spiro atoms. The van der Waals surface area contributed by atoms with Crippen LogP contribution in [0.25, 0.3) is 0 Å². The Bertz CT molecular complexity index is 1000. The van der Waals surface area contributed by atoms with E-state index in [9.17, 15) is 13.2 Å². The van der Waals surface area contributed by atoms with Gasteiger partial charge in [0.2, 0.25) is 5.91 Å². The molecule has 0 saturated carbocycles. The second-order valence-electron chi connectivity index (χ2n) is 7.87. The molecule has 1 aliphatic heterocycles. The lowest BCUT2D eigenvalue weighted by Crippen LogP contribution is -2.40. The van der Waals surface area contributed by atoms with E-state index in [1.807, 2.05) is 25.1 Å². The highest BCUT2D eigenvalue weighted by Gasteiger charge is 2.26. The molecule has 1 fully saturated rings. The topological polar surface area (TPSA) is 66.5 Å². The molecule has 1 N–H and O–H groups in total. The lowest BCUT2D eigenvalue weighted by molar-refractivity contribution is -0.127.